The first-order valence-corrected chi connectivity index (χ1v) is 11.4. The molecule has 2 aliphatic rings. The Morgan fingerprint density at radius 1 is 0.875 bits per heavy atom. The van der Waals surface area contributed by atoms with Crippen molar-refractivity contribution >= 4 is 33.0 Å². The van der Waals surface area contributed by atoms with Gasteiger partial charge < -0.3 is 4.90 Å². The maximum Gasteiger partial charge on any atom is 0.274 e. The van der Waals surface area contributed by atoms with Crippen LogP contribution >= 0.6 is 0 Å². The molecular formula is C23H16F2N2O4S. The molecule has 1 atom stereocenters. The van der Waals surface area contributed by atoms with Gasteiger partial charge in [-0.1, -0.05) is 48.5 Å². The second-order valence-electron chi connectivity index (χ2n) is 7.62. The van der Waals surface area contributed by atoms with Gasteiger partial charge in [0.2, 0.25) is 5.91 Å². The average Bonchev–Trinajstić information content (AvgIpc) is 3.14. The van der Waals surface area contributed by atoms with Gasteiger partial charge in [-0.15, -0.1) is 0 Å². The average molecular weight is 454 g/mol. The predicted molar refractivity (Wildman–Crippen MR) is 113 cm³/mol. The molecule has 32 heavy (non-hydrogen) atoms. The maximum absolute atomic E-state index is 14.0. The van der Waals surface area contributed by atoms with Gasteiger partial charge in [-0.3, -0.25) is 14.5 Å². The van der Waals surface area contributed by atoms with Crippen LogP contribution in [0.15, 0.2) is 72.8 Å². The van der Waals surface area contributed by atoms with Crippen molar-refractivity contribution in [3.8, 4) is 0 Å². The number of sulfone groups is 1. The van der Waals surface area contributed by atoms with Gasteiger partial charge in [-0.25, -0.2) is 17.2 Å². The Bertz CT molecular complexity index is 1380. The Morgan fingerprint density at radius 3 is 2.28 bits per heavy atom. The van der Waals surface area contributed by atoms with Crippen molar-refractivity contribution in [2.75, 3.05) is 15.6 Å². The number of anilines is 2. The molecule has 0 saturated carbocycles. The molecule has 3 aromatic rings. The highest BCUT2D eigenvalue weighted by Crippen LogP contribution is 2.52. The zero-order valence-electron chi connectivity index (χ0n) is 16.5. The van der Waals surface area contributed by atoms with Crippen LogP contribution in [0.25, 0.3) is 0 Å². The quantitative estimate of drug-likeness (QED) is 0.610. The summed E-state index contributed by atoms with van der Waals surface area (Å²) >= 11 is 0. The summed E-state index contributed by atoms with van der Waals surface area (Å²) in [5.41, 5.74) is 0.997. The summed E-state index contributed by atoms with van der Waals surface area (Å²) in [5, 5.41) is 0. The second-order valence-corrected chi connectivity index (χ2v) is 9.73. The van der Waals surface area contributed by atoms with E-state index in [-0.39, 0.29) is 17.8 Å². The molecule has 0 aliphatic carbocycles. The Kier molecular flexibility index (Phi) is 4.42. The summed E-state index contributed by atoms with van der Waals surface area (Å²) in [4.78, 5) is 26.5. The molecule has 0 N–H and O–H groups in total. The van der Waals surface area contributed by atoms with E-state index in [9.17, 15) is 26.8 Å². The minimum Gasteiger partial charge on any atom is -0.304 e. The van der Waals surface area contributed by atoms with Gasteiger partial charge in [0.05, 0.1) is 12.2 Å². The molecule has 1 fully saturated rings. The summed E-state index contributed by atoms with van der Waals surface area (Å²) in [6.45, 7) is 0.0771. The number of carbonyl (C=O) groups is 2. The van der Waals surface area contributed by atoms with E-state index in [1.807, 2.05) is 6.07 Å². The Balaban J connectivity index is 1.75. The highest BCUT2D eigenvalue weighted by atomic mass is 32.2. The number of hydrogen-bond acceptors (Lipinski definition) is 4. The van der Waals surface area contributed by atoms with Crippen molar-refractivity contribution in [2.24, 2.45) is 0 Å². The lowest BCUT2D eigenvalue weighted by Gasteiger charge is -2.32. The molecule has 9 heteroatoms. The van der Waals surface area contributed by atoms with Crippen LogP contribution in [0.5, 0.6) is 0 Å². The molecule has 1 unspecified atom stereocenters. The first kappa shape index (κ1) is 20.3. The summed E-state index contributed by atoms with van der Waals surface area (Å²) in [7, 11) is -4.37. The molecule has 2 heterocycles. The summed E-state index contributed by atoms with van der Waals surface area (Å²) in [6.07, 6.45) is 0. The number of carbonyl (C=O) groups excluding carboxylic acids is 2. The van der Waals surface area contributed by atoms with E-state index in [1.54, 1.807) is 42.5 Å². The Morgan fingerprint density at radius 2 is 1.56 bits per heavy atom. The zero-order valence-corrected chi connectivity index (χ0v) is 17.4. The minimum atomic E-state index is -4.37. The van der Waals surface area contributed by atoms with E-state index in [2.05, 4.69) is 0 Å². The predicted octanol–water partition coefficient (Wildman–Crippen LogP) is 3.13. The van der Waals surface area contributed by atoms with Gasteiger partial charge in [0.15, 0.2) is 21.5 Å². The number of nitrogens with zero attached hydrogens (tertiary/aromatic N) is 2. The van der Waals surface area contributed by atoms with E-state index >= 15 is 0 Å². The third-order valence-corrected chi connectivity index (χ3v) is 7.87. The van der Waals surface area contributed by atoms with Crippen LogP contribution in [-0.2, 0) is 30.8 Å². The summed E-state index contributed by atoms with van der Waals surface area (Å²) in [5.74, 6) is -5.06. The summed E-state index contributed by atoms with van der Waals surface area (Å²) in [6, 6.07) is 17.9. The maximum atomic E-state index is 14.0. The first-order chi connectivity index (χ1) is 15.3. The molecule has 1 spiro atoms. The van der Waals surface area contributed by atoms with Gasteiger partial charge in [0, 0.05) is 17.3 Å². The van der Waals surface area contributed by atoms with Crippen molar-refractivity contribution in [3.05, 3.63) is 95.6 Å². The van der Waals surface area contributed by atoms with Crippen molar-refractivity contribution in [2.45, 2.75) is 11.4 Å². The monoisotopic (exact) mass is 454 g/mol. The fourth-order valence-electron chi connectivity index (χ4n) is 4.44. The lowest BCUT2D eigenvalue weighted by Crippen LogP contribution is -2.54. The van der Waals surface area contributed by atoms with E-state index in [4.69, 9.17) is 0 Å². The standard InChI is InChI=1S/C23H16F2N2O4S/c24-18-11-10-16(12-19(18)25)27-21(28)14-32(30,31)23(27)17-8-4-5-9-20(17)26(22(23)29)13-15-6-2-1-3-7-15/h1-12H,13-14H2. The normalized spacial score (nSPS) is 21.4. The molecule has 2 amide bonds. The molecule has 5 rings (SSSR count). The van der Waals surface area contributed by atoms with Crippen LogP contribution in [0.2, 0.25) is 0 Å². The first-order valence-electron chi connectivity index (χ1n) is 9.73. The van der Waals surface area contributed by atoms with Crippen molar-refractivity contribution < 1.29 is 26.8 Å². The highest BCUT2D eigenvalue weighted by Gasteiger charge is 2.69. The smallest absolute Gasteiger partial charge is 0.274 e. The van der Waals surface area contributed by atoms with Gasteiger partial charge in [-0.05, 0) is 23.8 Å². The SMILES string of the molecule is O=C1CS(=O)(=O)C2(C(=O)N(Cc3ccccc3)c3ccccc32)N1c1ccc(F)c(F)c1. The van der Waals surface area contributed by atoms with Gasteiger partial charge in [0.1, 0.15) is 5.75 Å². The van der Waals surface area contributed by atoms with Crippen LogP contribution in [0, 0.1) is 11.6 Å². The molecule has 0 bridgehead atoms. The van der Waals surface area contributed by atoms with Crippen LogP contribution in [0.3, 0.4) is 0 Å². The number of hydrogen-bond donors (Lipinski definition) is 0. The Labute approximate surface area is 182 Å². The van der Waals surface area contributed by atoms with Crippen molar-refractivity contribution in [1.29, 1.82) is 0 Å². The summed E-state index contributed by atoms with van der Waals surface area (Å²) < 4.78 is 54.4. The highest BCUT2D eigenvalue weighted by molar-refractivity contribution is 7.94. The number of halogens is 2. The van der Waals surface area contributed by atoms with Crippen LogP contribution < -0.4 is 9.80 Å². The van der Waals surface area contributed by atoms with E-state index in [1.165, 1.54) is 11.0 Å². The molecule has 1 saturated heterocycles. The number of benzene rings is 3. The third-order valence-electron chi connectivity index (χ3n) is 5.77. The second kappa shape index (κ2) is 6.96. The van der Waals surface area contributed by atoms with Crippen LogP contribution in [-0.4, -0.2) is 26.0 Å². The largest absolute Gasteiger partial charge is 0.304 e. The molecule has 0 aromatic heterocycles. The van der Waals surface area contributed by atoms with Crippen LogP contribution in [0.1, 0.15) is 11.1 Å². The molecule has 3 aromatic carbocycles. The number of para-hydroxylation sites is 1. The molecule has 0 radical (unpaired) electrons. The molecule has 2 aliphatic heterocycles. The van der Waals surface area contributed by atoms with Crippen molar-refractivity contribution in [3.63, 3.8) is 0 Å². The van der Waals surface area contributed by atoms with Gasteiger partial charge in [-0.2, -0.15) is 0 Å². The fourth-order valence-corrected chi connectivity index (χ4v) is 6.47. The van der Waals surface area contributed by atoms with Crippen LogP contribution in [0.4, 0.5) is 20.2 Å². The lowest BCUT2D eigenvalue weighted by molar-refractivity contribution is -0.123. The zero-order chi connectivity index (χ0) is 22.7. The topological polar surface area (TPSA) is 74.8 Å². The van der Waals surface area contributed by atoms with Gasteiger partial charge in [0.25, 0.3) is 10.8 Å². The van der Waals surface area contributed by atoms with E-state index < -0.39 is 43.9 Å². The third kappa shape index (κ3) is 2.64. The molecule has 162 valence electrons. The molecular weight excluding hydrogens is 438 g/mol. The van der Waals surface area contributed by atoms with E-state index in [0.717, 1.165) is 28.7 Å². The molecule has 6 nitrogen and oxygen atoms in total. The Hall–Kier alpha value is -3.59. The fraction of sp³-hybridized carbons (Fsp3) is 0.130. The number of rotatable bonds is 3. The lowest BCUT2D eigenvalue weighted by atomic mass is 10.0. The van der Waals surface area contributed by atoms with E-state index in [0.29, 0.717) is 5.69 Å². The number of fused-ring (bicyclic) bond motifs is 2. The minimum absolute atomic E-state index is 0.0771. The van der Waals surface area contributed by atoms with Crippen molar-refractivity contribution in [1.82, 2.24) is 0 Å². The number of amides is 2. The van der Waals surface area contributed by atoms with Gasteiger partial charge >= 0.3 is 0 Å².